The normalized spacial score (nSPS) is 12.6. The first-order chi connectivity index (χ1) is 9.11. The number of hydrogen-bond acceptors (Lipinski definition) is 2. The fraction of sp³-hybridized carbons (Fsp3) is 0.588. The predicted octanol–water partition coefficient (Wildman–Crippen LogP) is 4.64. The zero-order chi connectivity index (χ0) is 15.1. The molecule has 1 unspecified atom stereocenters. The molecule has 0 bridgehead atoms. The van der Waals surface area contributed by atoms with E-state index in [-0.39, 0.29) is 5.78 Å². The Morgan fingerprint density at radius 2 is 1.95 bits per heavy atom. The van der Waals surface area contributed by atoms with Gasteiger partial charge in [0.25, 0.3) is 0 Å². The summed E-state index contributed by atoms with van der Waals surface area (Å²) in [6, 6.07) is 0. The molecule has 0 aliphatic carbocycles. The van der Waals surface area contributed by atoms with Crippen molar-refractivity contribution < 1.29 is 4.79 Å². The van der Waals surface area contributed by atoms with Gasteiger partial charge in [-0.05, 0) is 44.4 Å². The Bertz CT molecular complexity index is 290. The highest BCUT2D eigenvalue weighted by Gasteiger charge is 2.05. The first kappa shape index (κ1) is 20.0. The lowest BCUT2D eigenvalue weighted by Crippen LogP contribution is -2.08. The third-order valence-corrected chi connectivity index (χ3v) is 2.69. The first-order valence-corrected chi connectivity index (χ1v) is 7.27. The lowest BCUT2D eigenvalue weighted by Gasteiger charge is -2.12. The molecule has 0 radical (unpaired) electrons. The highest BCUT2D eigenvalue weighted by atomic mass is 16.1. The van der Waals surface area contributed by atoms with Crippen LogP contribution in [0.3, 0.4) is 0 Å². The Hall–Kier alpha value is -1.31. The summed E-state index contributed by atoms with van der Waals surface area (Å²) in [6.07, 6.45) is 10.6. The Morgan fingerprint density at radius 3 is 2.42 bits per heavy atom. The van der Waals surface area contributed by atoms with Gasteiger partial charge in [0, 0.05) is 13.0 Å². The van der Waals surface area contributed by atoms with Crippen LogP contribution in [0.15, 0.2) is 36.6 Å². The van der Waals surface area contributed by atoms with E-state index >= 15 is 0 Å². The molecule has 0 fully saturated rings. The van der Waals surface area contributed by atoms with Crippen LogP contribution in [0.4, 0.5) is 0 Å². The van der Waals surface area contributed by atoms with Crippen molar-refractivity contribution in [3.05, 3.63) is 36.6 Å². The van der Waals surface area contributed by atoms with Crippen LogP contribution in [0.25, 0.3) is 0 Å². The molecule has 2 heteroatoms. The van der Waals surface area contributed by atoms with Crippen molar-refractivity contribution in [2.45, 2.75) is 53.9 Å². The van der Waals surface area contributed by atoms with E-state index in [0.29, 0.717) is 12.3 Å². The summed E-state index contributed by atoms with van der Waals surface area (Å²) in [5, 5.41) is 3.26. The summed E-state index contributed by atoms with van der Waals surface area (Å²) < 4.78 is 0. The van der Waals surface area contributed by atoms with Gasteiger partial charge in [0.15, 0.2) is 0 Å². The van der Waals surface area contributed by atoms with Crippen LogP contribution in [0.1, 0.15) is 53.9 Å². The van der Waals surface area contributed by atoms with Crippen molar-refractivity contribution >= 4 is 5.78 Å². The largest absolute Gasteiger partial charge is 0.387 e. The summed E-state index contributed by atoms with van der Waals surface area (Å²) >= 11 is 0. The zero-order valence-electron chi connectivity index (χ0n) is 13.3. The Balaban J connectivity index is 0. The average molecular weight is 265 g/mol. The minimum atomic E-state index is 0.262. The molecule has 1 N–H and O–H groups in total. The number of Topliss-reactive ketones (excluding diaryl/α,β-unsaturated/α-hetero) is 1. The summed E-state index contributed by atoms with van der Waals surface area (Å²) in [7, 11) is 0. The predicted molar refractivity (Wildman–Crippen MR) is 86.1 cm³/mol. The van der Waals surface area contributed by atoms with Crippen molar-refractivity contribution in [3.8, 4) is 0 Å². The zero-order valence-corrected chi connectivity index (χ0v) is 13.3. The molecule has 0 heterocycles. The van der Waals surface area contributed by atoms with Crippen molar-refractivity contribution in [2.24, 2.45) is 5.92 Å². The Kier molecular flexibility index (Phi) is 15.5. The molecular formula is C17H31NO. The summed E-state index contributed by atoms with van der Waals surface area (Å²) in [5.41, 5.74) is 1.31. The molecule has 0 saturated heterocycles. The van der Waals surface area contributed by atoms with E-state index in [1.807, 2.05) is 32.9 Å². The van der Waals surface area contributed by atoms with Gasteiger partial charge >= 0.3 is 0 Å². The van der Waals surface area contributed by atoms with Crippen molar-refractivity contribution in [1.29, 1.82) is 0 Å². The molecule has 2 nitrogen and oxygen atoms in total. The summed E-state index contributed by atoms with van der Waals surface area (Å²) in [5.74, 6) is 0.623. The van der Waals surface area contributed by atoms with Crippen molar-refractivity contribution in [2.75, 3.05) is 6.54 Å². The van der Waals surface area contributed by atoms with Gasteiger partial charge in [0.05, 0.1) is 0 Å². The van der Waals surface area contributed by atoms with Crippen LogP contribution in [0.5, 0.6) is 0 Å². The molecule has 110 valence electrons. The quantitative estimate of drug-likeness (QED) is 0.486. The number of carbonyl (C=O) groups is 1. The molecule has 0 amide bonds. The van der Waals surface area contributed by atoms with Gasteiger partial charge in [-0.1, -0.05) is 39.0 Å². The SMILES string of the molecule is C=CC(C)/C(=C\NC/C=C\C)CCCC(C)=O.CC. The number of nitrogens with one attached hydrogen (secondary N) is 1. The highest BCUT2D eigenvalue weighted by Crippen LogP contribution is 2.17. The van der Waals surface area contributed by atoms with Crippen molar-refractivity contribution in [3.63, 3.8) is 0 Å². The van der Waals surface area contributed by atoms with Crippen LogP contribution in [-0.2, 0) is 4.79 Å². The third kappa shape index (κ3) is 12.9. The van der Waals surface area contributed by atoms with E-state index in [9.17, 15) is 4.79 Å². The molecule has 0 rings (SSSR count). The van der Waals surface area contributed by atoms with Gasteiger partial charge in [-0.25, -0.2) is 0 Å². The fourth-order valence-corrected chi connectivity index (χ4v) is 1.50. The summed E-state index contributed by atoms with van der Waals surface area (Å²) in [6.45, 7) is 14.4. The van der Waals surface area contributed by atoms with Crippen LogP contribution >= 0.6 is 0 Å². The maximum Gasteiger partial charge on any atom is 0.129 e. The molecule has 0 aromatic rings. The maximum absolute atomic E-state index is 10.9. The molecule has 1 atom stereocenters. The lowest BCUT2D eigenvalue weighted by molar-refractivity contribution is -0.117. The first-order valence-electron chi connectivity index (χ1n) is 7.27. The molecule has 0 aromatic carbocycles. The van der Waals surface area contributed by atoms with E-state index in [2.05, 4.69) is 31.1 Å². The van der Waals surface area contributed by atoms with E-state index in [0.717, 1.165) is 19.4 Å². The smallest absolute Gasteiger partial charge is 0.129 e. The molecule has 0 aliphatic heterocycles. The molecule has 0 spiro atoms. The van der Waals surface area contributed by atoms with Gasteiger partial charge in [0.1, 0.15) is 5.78 Å². The fourth-order valence-electron chi connectivity index (χ4n) is 1.50. The molecule has 0 aromatic heterocycles. The highest BCUT2D eigenvalue weighted by molar-refractivity contribution is 5.75. The van der Waals surface area contributed by atoms with Crippen LogP contribution in [0, 0.1) is 5.92 Å². The molecule has 0 saturated carbocycles. The molecule has 0 aliphatic rings. The number of hydrogen-bond donors (Lipinski definition) is 1. The number of rotatable bonds is 9. The van der Waals surface area contributed by atoms with Gasteiger partial charge in [0.2, 0.25) is 0 Å². The Morgan fingerprint density at radius 1 is 1.32 bits per heavy atom. The summed E-state index contributed by atoms with van der Waals surface area (Å²) in [4.78, 5) is 10.9. The molecular weight excluding hydrogens is 234 g/mol. The lowest BCUT2D eigenvalue weighted by atomic mass is 9.96. The molecule has 19 heavy (non-hydrogen) atoms. The van der Waals surface area contributed by atoms with Crippen LogP contribution < -0.4 is 5.32 Å². The minimum Gasteiger partial charge on any atom is -0.387 e. The number of carbonyl (C=O) groups excluding carboxylic acids is 1. The number of ketones is 1. The minimum absolute atomic E-state index is 0.262. The monoisotopic (exact) mass is 265 g/mol. The van der Waals surface area contributed by atoms with Gasteiger partial charge in [-0.15, -0.1) is 6.58 Å². The van der Waals surface area contributed by atoms with E-state index in [4.69, 9.17) is 0 Å². The topological polar surface area (TPSA) is 29.1 Å². The van der Waals surface area contributed by atoms with Gasteiger partial charge < -0.3 is 10.1 Å². The van der Waals surface area contributed by atoms with Gasteiger partial charge in [-0.2, -0.15) is 0 Å². The second kappa shape index (κ2) is 14.7. The van der Waals surface area contributed by atoms with Gasteiger partial charge in [-0.3, -0.25) is 0 Å². The number of allylic oxidation sites excluding steroid dienone is 3. The van der Waals surface area contributed by atoms with Crippen molar-refractivity contribution in [1.82, 2.24) is 5.32 Å². The second-order valence-corrected chi connectivity index (χ2v) is 4.28. The van der Waals surface area contributed by atoms with E-state index in [1.165, 1.54) is 5.57 Å². The maximum atomic E-state index is 10.9. The third-order valence-electron chi connectivity index (χ3n) is 2.69. The van der Waals surface area contributed by atoms with Crippen LogP contribution in [-0.4, -0.2) is 12.3 Å². The van der Waals surface area contributed by atoms with E-state index in [1.54, 1.807) is 6.92 Å². The average Bonchev–Trinajstić information content (AvgIpc) is 2.42. The van der Waals surface area contributed by atoms with Crippen LogP contribution in [0.2, 0.25) is 0 Å². The Labute approximate surface area is 119 Å². The van der Waals surface area contributed by atoms with E-state index < -0.39 is 0 Å². The standard InChI is InChI=1S/C15H25NO.C2H6/c1-5-7-11-16-12-15(13(3)6-2)10-8-9-14(4)17;1-2/h5-7,12-13,16H,2,8-11H2,1,3-4H3;1-2H3/b7-5-,15-12-;. The second-order valence-electron chi connectivity index (χ2n) is 4.28.